The van der Waals surface area contributed by atoms with Crippen molar-refractivity contribution in [2.24, 2.45) is 17.3 Å². The van der Waals surface area contributed by atoms with Crippen molar-refractivity contribution in [2.75, 3.05) is 6.61 Å². The van der Waals surface area contributed by atoms with Crippen molar-refractivity contribution in [3.63, 3.8) is 0 Å². The first-order valence-electron chi connectivity index (χ1n) is 6.51. The van der Waals surface area contributed by atoms with E-state index in [9.17, 15) is 0 Å². The van der Waals surface area contributed by atoms with Crippen LogP contribution in [0.4, 0.5) is 0 Å². The predicted octanol–water partition coefficient (Wildman–Crippen LogP) is 3.70. The molecule has 0 aromatic heterocycles. The van der Waals surface area contributed by atoms with Gasteiger partial charge in [0, 0.05) is 0 Å². The van der Waals surface area contributed by atoms with E-state index in [2.05, 4.69) is 26.0 Å². The lowest BCUT2D eigenvalue weighted by molar-refractivity contribution is -0.0312. The molecule has 3 rings (SSSR count). The van der Waals surface area contributed by atoms with Crippen LogP contribution in [0.1, 0.15) is 46.5 Å². The Balaban J connectivity index is 1.94. The molecule has 3 atom stereocenters. The molecule has 1 saturated carbocycles. The fourth-order valence-electron chi connectivity index (χ4n) is 3.56. The van der Waals surface area contributed by atoms with Crippen LogP contribution in [0.2, 0.25) is 0 Å². The quantitative estimate of drug-likeness (QED) is 0.716. The Morgan fingerprint density at radius 1 is 1.62 bits per heavy atom. The molecular weight excluding hydrogens is 196 g/mol. The Hall–Kier alpha value is -0.560. The Morgan fingerprint density at radius 2 is 2.38 bits per heavy atom. The van der Waals surface area contributed by atoms with Gasteiger partial charge in [-0.05, 0) is 56.8 Å². The topological polar surface area (TPSA) is 20.2 Å². The van der Waals surface area contributed by atoms with Crippen LogP contribution in [0.3, 0.4) is 0 Å². The van der Waals surface area contributed by atoms with Crippen LogP contribution in [-0.2, 0) is 0 Å². The minimum Gasteiger partial charge on any atom is -0.392 e. The molecule has 90 valence electrons. The summed E-state index contributed by atoms with van der Waals surface area (Å²) >= 11 is 0. The highest BCUT2D eigenvalue weighted by atomic mass is 16.3. The molecule has 1 fully saturated rings. The van der Waals surface area contributed by atoms with Crippen molar-refractivity contribution < 1.29 is 5.11 Å². The molecule has 3 aliphatic rings. The smallest absolute Gasteiger partial charge is 0.0639 e. The largest absolute Gasteiger partial charge is 0.392 e. The molecule has 2 bridgehead atoms. The zero-order valence-electron chi connectivity index (χ0n) is 10.8. The second-order valence-corrected chi connectivity index (χ2v) is 5.92. The molecule has 16 heavy (non-hydrogen) atoms. The van der Waals surface area contributed by atoms with Gasteiger partial charge in [-0.1, -0.05) is 30.2 Å². The van der Waals surface area contributed by atoms with Gasteiger partial charge in [0.2, 0.25) is 0 Å². The van der Waals surface area contributed by atoms with Crippen molar-refractivity contribution in [2.45, 2.75) is 46.5 Å². The average molecular weight is 220 g/mol. The number of fused-ring (bicyclic) bond motifs is 1. The minimum atomic E-state index is 0.211. The molecule has 0 saturated heterocycles. The molecule has 0 spiro atoms. The Bertz CT molecular complexity index is 326. The van der Waals surface area contributed by atoms with E-state index in [0.717, 1.165) is 23.8 Å². The van der Waals surface area contributed by atoms with Gasteiger partial charge in [0.15, 0.2) is 0 Å². The number of aliphatic hydroxyl groups is 1. The predicted molar refractivity (Wildman–Crippen MR) is 68.2 cm³/mol. The molecule has 1 N–H and O–H groups in total. The number of allylic oxidation sites excluding steroid dienone is 3. The third-order valence-electron chi connectivity index (χ3n) is 4.95. The maximum atomic E-state index is 8.96. The van der Waals surface area contributed by atoms with E-state index in [4.69, 9.17) is 5.11 Å². The van der Waals surface area contributed by atoms with Crippen molar-refractivity contribution in [3.05, 3.63) is 23.3 Å². The maximum Gasteiger partial charge on any atom is 0.0639 e. The SMILES string of the molecule is CC(=CCC[C@]1(C)[C@H]2CC=C(C)[C@@H]1C2)CO. The summed E-state index contributed by atoms with van der Waals surface area (Å²) in [6.45, 7) is 6.98. The van der Waals surface area contributed by atoms with E-state index in [1.54, 1.807) is 5.57 Å². The molecule has 0 amide bonds. The summed E-state index contributed by atoms with van der Waals surface area (Å²) in [7, 11) is 0. The van der Waals surface area contributed by atoms with E-state index in [1.165, 1.54) is 19.3 Å². The highest BCUT2D eigenvalue weighted by molar-refractivity contribution is 5.22. The maximum absolute atomic E-state index is 8.96. The molecular formula is C15H24O. The zero-order valence-corrected chi connectivity index (χ0v) is 10.8. The summed E-state index contributed by atoms with van der Waals surface area (Å²) in [5, 5.41) is 8.96. The number of hydrogen-bond donors (Lipinski definition) is 1. The molecule has 0 aromatic rings. The van der Waals surface area contributed by atoms with Crippen LogP contribution in [-0.4, -0.2) is 11.7 Å². The van der Waals surface area contributed by atoms with E-state index >= 15 is 0 Å². The molecule has 0 aliphatic heterocycles. The van der Waals surface area contributed by atoms with Crippen LogP contribution < -0.4 is 0 Å². The molecule has 0 unspecified atom stereocenters. The Kier molecular flexibility index (Phi) is 3.25. The fraction of sp³-hybridized carbons (Fsp3) is 0.733. The van der Waals surface area contributed by atoms with Gasteiger partial charge >= 0.3 is 0 Å². The summed E-state index contributed by atoms with van der Waals surface area (Å²) in [5.74, 6) is 1.76. The van der Waals surface area contributed by atoms with Crippen LogP contribution in [0.25, 0.3) is 0 Å². The first-order chi connectivity index (χ1) is 7.58. The molecule has 1 heteroatoms. The van der Waals surface area contributed by atoms with Gasteiger partial charge in [-0.25, -0.2) is 0 Å². The van der Waals surface area contributed by atoms with E-state index in [0.29, 0.717) is 5.41 Å². The van der Waals surface area contributed by atoms with Gasteiger partial charge in [-0.15, -0.1) is 0 Å². The first kappa shape index (κ1) is 11.9. The van der Waals surface area contributed by atoms with Gasteiger partial charge in [0.25, 0.3) is 0 Å². The highest BCUT2D eigenvalue weighted by Gasteiger charge is 2.52. The lowest BCUT2D eigenvalue weighted by atomic mass is 9.47. The molecule has 3 aliphatic carbocycles. The highest BCUT2D eigenvalue weighted by Crippen LogP contribution is 2.61. The molecule has 0 radical (unpaired) electrons. The molecule has 1 nitrogen and oxygen atoms in total. The average Bonchev–Trinajstić information content (AvgIpc) is 2.28. The Labute approximate surface area is 99.3 Å². The standard InChI is InChI=1S/C15H24O/c1-11(10-16)5-4-8-15(3)13-7-6-12(2)14(15)9-13/h5-6,13-14,16H,4,7-10H2,1-3H3/t13-,14-,15+/m0/s1. The summed E-state index contributed by atoms with van der Waals surface area (Å²) in [5.41, 5.74) is 3.28. The van der Waals surface area contributed by atoms with Crippen molar-refractivity contribution in [1.29, 1.82) is 0 Å². The minimum absolute atomic E-state index is 0.211. The van der Waals surface area contributed by atoms with E-state index in [-0.39, 0.29) is 6.61 Å². The molecule has 0 aromatic carbocycles. The van der Waals surface area contributed by atoms with Crippen molar-refractivity contribution in [3.8, 4) is 0 Å². The monoisotopic (exact) mass is 220 g/mol. The van der Waals surface area contributed by atoms with Crippen molar-refractivity contribution >= 4 is 0 Å². The van der Waals surface area contributed by atoms with Gasteiger partial charge in [-0.2, -0.15) is 0 Å². The third-order valence-corrected chi connectivity index (χ3v) is 4.95. The number of rotatable bonds is 4. The lowest BCUT2D eigenvalue weighted by Crippen LogP contribution is -2.49. The van der Waals surface area contributed by atoms with E-state index < -0.39 is 0 Å². The lowest BCUT2D eigenvalue weighted by Gasteiger charge is -2.58. The zero-order chi connectivity index (χ0) is 11.8. The summed E-state index contributed by atoms with van der Waals surface area (Å²) < 4.78 is 0. The Morgan fingerprint density at radius 3 is 2.94 bits per heavy atom. The normalized spacial score (nSPS) is 38.0. The second kappa shape index (κ2) is 4.37. The summed E-state index contributed by atoms with van der Waals surface area (Å²) in [6.07, 6.45) is 9.77. The first-order valence-corrected chi connectivity index (χ1v) is 6.51. The van der Waals surface area contributed by atoms with Crippen LogP contribution in [0, 0.1) is 17.3 Å². The number of aliphatic hydroxyl groups excluding tert-OH is 1. The summed E-state index contributed by atoms with van der Waals surface area (Å²) in [6, 6.07) is 0. The third kappa shape index (κ3) is 1.86. The van der Waals surface area contributed by atoms with Gasteiger partial charge < -0.3 is 5.11 Å². The van der Waals surface area contributed by atoms with Gasteiger partial charge in [0.1, 0.15) is 0 Å². The summed E-state index contributed by atoms with van der Waals surface area (Å²) in [4.78, 5) is 0. The fourth-order valence-corrected chi connectivity index (χ4v) is 3.56. The van der Waals surface area contributed by atoms with Crippen molar-refractivity contribution in [1.82, 2.24) is 0 Å². The van der Waals surface area contributed by atoms with Gasteiger partial charge in [-0.3, -0.25) is 0 Å². The van der Waals surface area contributed by atoms with Crippen LogP contribution >= 0.6 is 0 Å². The number of hydrogen-bond acceptors (Lipinski definition) is 1. The second-order valence-electron chi connectivity index (χ2n) is 5.92. The molecule has 0 heterocycles. The van der Waals surface area contributed by atoms with Crippen LogP contribution in [0.5, 0.6) is 0 Å². The van der Waals surface area contributed by atoms with Crippen LogP contribution in [0.15, 0.2) is 23.3 Å². The van der Waals surface area contributed by atoms with Gasteiger partial charge in [0.05, 0.1) is 6.61 Å². The van der Waals surface area contributed by atoms with E-state index in [1.807, 2.05) is 6.92 Å².